The maximum atomic E-state index is 7.14. The van der Waals surface area contributed by atoms with Crippen LogP contribution in [0.15, 0.2) is 243 Å². The fourth-order valence-electron chi connectivity index (χ4n) is 10.8. The summed E-state index contributed by atoms with van der Waals surface area (Å²) in [6, 6.07) is 88.3. The zero-order chi connectivity index (χ0) is 42.9. The number of hydrogen-bond donors (Lipinski definition) is 0. The van der Waals surface area contributed by atoms with Crippen LogP contribution in [0.1, 0.15) is 0 Å². The molecule has 11 aromatic rings. The molecule has 0 amide bonds. The Bertz CT molecular complexity index is 3470. The Kier molecular flexibility index (Phi) is 8.65. The molecule has 0 radical (unpaired) electrons. The fourth-order valence-corrected chi connectivity index (χ4v) is 15.6. The topological polar surface area (TPSA) is 23.4 Å². The van der Waals surface area contributed by atoms with Gasteiger partial charge in [0.05, 0.1) is 16.7 Å². The van der Waals surface area contributed by atoms with Crippen LogP contribution in [0.5, 0.6) is 17.2 Å². The van der Waals surface area contributed by atoms with Gasteiger partial charge in [-0.25, -0.2) is 0 Å². The van der Waals surface area contributed by atoms with Crippen molar-refractivity contribution in [2.75, 3.05) is 0 Å². The third kappa shape index (κ3) is 5.83. The van der Waals surface area contributed by atoms with Crippen LogP contribution in [-0.2, 0) is 0 Å². The van der Waals surface area contributed by atoms with E-state index in [2.05, 4.69) is 247 Å². The number of para-hydroxylation sites is 3. The molecule has 0 N–H and O–H groups in total. The maximum Gasteiger partial charge on any atom is 0.434 e. The summed E-state index contributed by atoms with van der Waals surface area (Å²) in [7, 11) is -2.72. The van der Waals surface area contributed by atoms with Gasteiger partial charge in [0.2, 0.25) is 0 Å². The molecule has 0 bridgehead atoms. The monoisotopic (exact) mass is 845 g/mol. The second-order valence-electron chi connectivity index (χ2n) is 17.1. The van der Waals surface area contributed by atoms with Crippen molar-refractivity contribution < 1.29 is 9.39 Å². The number of ether oxygens (including phenoxy) is 1. The van der Waals surface area contributed by atoms with Crippen molar-refractivity contribution in [3.05, 3.63) is 243 Å². The van der Waals surface area contributed by atoms with Crippen LogP contribution < -0.4 is 41.1 Å². The zero-order valence-corrected chi connectivity index (χ0v) is 36.4. The van der Waals surface area contributed by atoms with Gasteiger partial charge in [-0.2, -0.15) is 0 Å². The molecule has 0 atom stereocenters. The van der Waals surface area contributed by atoms with E-state index in [1.807, 2.05) is 0 Å². The van der Waals surface area contributed by atoms with E-state index >= 15 is 0 Å². The summed E-state index contributed by atoms with van der Waals surface area (Å²) in [5.41, 5.74) is 12.4. The minimum absolute atomic E-state index is 0.331. The van der Waals surface area contributed by atoms with Gasteiger partial charge in [0.15, 0.2) is 8.07 Å². The van der Waals surface area contributed by atoms with Gasteiger partial charge in [0, 0.05) is 32.8 Å². The first-order chi connectivity index (χ1) is 32.2. The summed E-state index contributed by atoms with van der Waals surface area (Å²) in [6.07, 6.45) is 0. The van der Waals surface area contributed by atoms with Crippen molar-refractivity contribution in [1.82, 2.24) is 4.57 Å². The van der Waals surface area contributed by atoms with Gasteiger partial charge in [0.1, 0.15) is 17.2 Å². The summed E-state index contributed by atoms with van der Waals surface area (Å²) in [6.45, 7) is -0.331. The predicted octanol–water partition coefficient (Wildman–Crippen LogP) is 10.8. The predicted molar refractivity (Wildman–Crippen MR) is 273 cm³/mol. The van der Waals surface area contributed by atoms with Gasteiger partial charge < -0.3 is 14.0 Å². The molecular formula is C60H40BNO2Si. The molecular weight excluding hydrogens is 806 g/mol. The highest BCUT2D eigenvalue weighted by Crippen LogP contribution is 2.43. The number of nitrogens with zero attached hydrogens (tertiary/aromatic N) is 1. The van der Waals surface area contributed by atoms with Crippen molar-refractivity contribution >= 4 is 68.5 Å². The Morgan fingerprint density at radius 2 is 0.892 bits per heavy atom. The Morgan fingerprint density at radius 1 is 0.354 bits per heavy atom. The van der Waals surface area contributed by atoms with E-state index in [-0.39, 0.29) is 6.92 Å². The molecule has 0 unspecified atom stereocenters. The van der Waals surface area contributed by atoms with Crippen molar-refractivity contribution in [3.8, 4) is 56.3 Å². The van der Waals surface area contributed by atoms with E-state index in [9.17, 15) is 0 Å². The minimum atomic E-state index is -2.72. The van der Waals surface area contributed by atoms with Crippen LogP contribution in [0.4, 0.5) is 0 Å². The molecule has 0 saturated carbocycles. The Labute approximate surface area is 379 Å². The van der Waals surface area contributed by atoms with Crippen molar-refractivity contribution in [3.63, 3.8) is 0 Å². The highest BCUT2D eigenvalue weighted by Gasteiger charge is 2.43. The van der Waals surface area contributed by atoms with E-state index < -0.39 is 8.07 Å². The van der Waals surface area contributed by atoms with Crippen LogP contribution in [0, 0.1) is 0 Å². The molecule has 5 heteroatoms. The smallest absolute Gasteiger partial charge is 0.434 e. The van der Waals surface area contributed by atoms with Gasteiger partial charge in [0.25, 0.3) is 0 Å². The van der Waals surface area contributed by atoms with E-state index in [1.54, 1.807) is 0 Å². The second-order valence-corrected chi connectivity index (χ2v) is 20.9. The average molecular weight is 846 g/mol. The fraction of sp³-hybridized carbons (Fsp3) is 0. The lowest BCUT2D eigenvalue weighted by atomic mass is 9.50. The molecule has 0 spiro atoms. The molecule has 2 aliphatic heterocycles. The number of aromatic nitrogens is 1. The molecule has 13 rings (SSSR count). The van der Waals surface area contributed by atoms with Gasteiger partial charge >= 0.3 is 6.92 Å². The number of hydrogen-bond acceptors (Lipinski definition) is 2. The van der Waals surface area contributed by atoms with Crippen LogP contribution in [0.2, 0.25) is 0 Å². The molecule has 3 nitrogen and oxygen atoms in total. The zero-order valence-electron chi connectivity index (χ0n) is 35.4. The normalized spacial score (nSPS) is 12.5. The largest absolute Gasteiger partial charge is 0.551 e. The van der Waals surface area contributed by atoms with E-state index in [0.717, 1.165) is 67.2 Å². The number of fused-ring (bicyclic) bond motifs is 7. The summed E-state index contributed by atoms with van der Waals surface area (Å²) in [5.74, 6) is 2.52. The number of rotatable bonds is 7. The van der Waals surface area contributed by atoms with Crippen molar-refractivity contribution in [1.29, 1.82) is 0 Å². The molecule has 0 fully saturated rings. The minimum Gasteiger partial charge on any atom is -0.551 e. The SMILES string of the molecule is c1ccc([Si](c2ccccc2)(c2ccccc2)c2cccc(-c3ccc4c(c3)B3Oc5ccc(-c6ccccc6-n6c7ccccc7c7ccccc76)cc5-c5cccc(c53)O4)c2)cc1. The Hall–Kier alpha value is -8.12. The van der Waals surface area contributed by atoms with Crippen LogP contribution >= 0.6 is 0 Å². The quantitative estimate of drug-likeness (QED) is 0.118. The van der Waals surface area contributed by atoms with E-state index in [1.165, 1.54) is 42.6 Å². The van der Waals surface area contributed by atoms with Gasteiger partial charge in [-0.1, -0.05) is 200 Å². The van der Waals surface area contributed by atoms with Gasteiger partial charge in [-0.15, -0.1) is 0 Å². The summed E-state index contributed by atoms with van der Waals surface area (Å²) >= 11 is 0. The van der Waals surface area contributed by atoms with Gasteiger partial charge in [-0.3, -0.25) is 0 Å². The Morgan fingerprint density at radius 3 is 1.58 bits per heavy atom. The summed E-state index contributed by atoms with van der Waals surface area (Å²) < 4.78 is 16.3. The molecule has 2 aliphatic rings. The number of benzene rings is 10. The van der Waals surface area contributed by atoms with Crippen LogP contribution in [0.25, 0.3) is 60.9 Å². The van der Waals surface area contributed by atoms with Crippen LogP contribution in [0.3, 0.4) is 0 Å². The molecule has 10 aromatic carbocycles. The third-order valence-electron chi connectivity index (χ3n) is 13.6. The molecule has 1 aromatic heterocycles. The standard InChI is InChI=1S/C60H40BNO2Si/c1-4-19-44(20-5-1)65(45-21-6-2-7-22-45,46-23-8-3-9-24-46)47-25-16-18-41(38-47)42-34-37-58-53(40-42)61-60-51(29-17-33-59(60)63-58)52-39-43(35-36-57(52)64-61)48-26-10-13-30-54(48)62-55-31-14-11-27-49(55)50-28-12-15-32-56(50)62/h1-40H. The Balaban J connectivity index is 0.913. The third-order valence-corrected chi connectivity index (χ3v) is 18.4. The van der Waals surface area contributed by atoms with Crippen LogP contribution in [-0.4, -0.2) is 19.6 Å². The molecule has 304 valence electrons. The first-order valence-corrected chi connectivity index (χ1v) is 24.4. The summed E-state index contributed by atoms with van der Waals surface area (Å²) in [5, 5.41) is 7.88. The van der Waals surface area contributed by atoms with Crippen molar-refractivity contribution in [2.45, 2.75) is 0 Å². The highest BCUT2D eigenvalue weighted by molar-refractivity contribution is 7.19. The second kappa shape index (κ2) is 15.0. The molecule has 3 heterocycles. The average Bonchev–Trinajstić information content (AvgIpc) is 3.72. The summed E-state index contributed by atoms with van der Waals surface area (Å²) in [4.78, 5) is 0. The molecule has 0 aliphatic carbocycles. The van der Waals surface area contributed by atoms with E-state index in [0.29, 0.717) is 0 Å². The first-order valence-electron chi connectivity index (χ1n) is 22.4. The van der Waals surface area contributed by atoms with E-state index in [4.69, 9.17) is 9.39 Å². The molecule has 65 heavy (non-hydrogen) atoms. The molecule has 0 saturated heterocycles. The highest BCUT2D eigenvalue weighted by atomic mass is 28.3. The lowest BCUT2D eigenvalue weighted by Crippen LogP contribution is -2.74. The lowest BCUT2D eigenvalue weighted by Gasteiger charge is -2.35. The lowest BCUT2D eigenvalue weighted by molar-refractivity contribution is 0.479. The van der Waals surface area contributed by atoms with Crippen molar-refractivity contribution in [2.24, 2.45) is 0 Å². The maximum absolute atomic E-state index is 7.14. The first kappa shape index (κ1) is 37.4. The van der Waals surface area contributed by atoms with Gasteiger partial charge in [-0.05, 0) is 85.5 Å².